The minimum Gasteiger partial charge on any atom is -0.369 e. The number of hydrogen-bond donors (Lipinski definition) is 1. The maximum Gasteiger partial charge on any atom is 0.258 e. The van der Waals surface area contributed by atoms with Crippen molar-refractivity contribution in [3.8, 4) is 0 Å². The van der Waals surface area contributed by atoms with Crippen LogP contribution in [0.1, 0.15) is 36.5 Å². The molecule has 1 amide bonds. The predicted octanol–water partition coefficient (Wildman–Crippen LogP) is 4.46. The SMILES string of the molecule is C[C@H]1CCCCN1c1ccc(NC(=O)c2ccccc2F)cc1. The molecule has 1 fully saturated rings. The van der Waals surface area contributed by atoms with Gasteiger partial charge in [-0.1, -0.05) is 12.1 Å². The first-order valence-corrected chi connectivity index (χ1v) is 8.08. The van der Waals surface area contributed by atoms with Crippen LogP contribution in [0.25, 0.3) is 0 Å². The van der Waals surface area contributed by atoms with Crippen molar-refractivity contribution in [3.63, 3.8) is 0 Å². The Bertz CT molecular complexity index is 684. The second-order valence-corrected chi connectivity index (χ2v) is 6.02. The first kappa shape index (κ1) is 15.5. The van der Waals surface area contributed by atoms with Gasteiger partial charge in [-0.3, -0.25) is 4.79 Å². The summed E-state index contributed by atoms with van der Waals surface area (Å²) in [6.07, 6.45) is 3.72. The molecule has 4 heteroatoms. The predicted molar refractivity (Wildman–Crippen MR) is 91.5 cm³/mol. The Balaban J connectivity index is 1.70. The zero-order valence-electron chi connectivity index (χ0n) is 13.3. The molecule has 0 aliphatic carbocycles. The van der Waals surface area contributed by atoms with Gasteiger partial charge in [0.1, 0.15) is 5.82 Å². The number of halogens is 1. The Morgan fingerprint density at radius 2 is 1.87 bits per heavy atom. The van der Waals surface area contributed by atoms with Crippen molar-refractivity contribution in [2.75, 3.05) is 16.8 Å². The van der Waals surface area contributed by atoms with E-state index in [0.717, 1.165) is 6.54 Å². The van der Waals surface area contributed by atoms with Gasteiger partial charge in [0, 0.05) is 24.0 Å². The third kappa shape index (κ3) is 3.52. The number of rotatable bonds is 3. The fraction of sp³-hybridized carbons (Fsp3) is 0.316. The Labute approximate surface area is 136 Å². The van der Waals surface area contributed by atoms with Crippen molar-refractivity contribution < 1.29 is 9.18 Å². The van der Waals surface area contributed by atoms with E-state index in [1.165, 1.54) is 37.1 Å². The molecule has 1 aliphatic rings. The van der Waals surface area contributed by atoms with Crippen LogP contribution in [-0.4, -0.2) is 18.5 Å². The van der Waals surface area contributed by atoms with Crippen LogP contribution in [0.5, 0.6) is 0 Å². The maximum absolute atomic E-state index is 13.6. The lowest BCUT2D eigenvalue weighted by Gasteiger charge is -2.35. The Morgan fingerprint density at radius 1 is 1.13 bits per heavy atom. The van der Waals surface area contributed by atoms with Gasteiger partial charge in [0.05, 0.1) is 5.56 Å². The molecule has 0 bridgehead atoms. The molecule has 23 heavy (non-hydrogen) atoms. The molecule has 3 nitrogen and oxygen atoms in total. The summed E-state index contributed by atoms with van der Waals surface area (Å²) in [6.45, 7) is 3.31. The van der Waals surface area contributed by atoms with Crippen LogP contribution in [0, 0.1) is 5.82 Å². The van der Waals surface area contributed by atoms with Crippen molar-refractivity contribution in [1.29, 1.82) is 0 Å². The highest BCUT2D eigenvalue weighted by atomic mass is 19.1. The second kappa shape index (κ2) is 6.82. The van der Waals surface area contributed by atoms with Crippen LogP contribution in [0.3, 0.4) is 0 Å². The summed E-state index contributed by atoms with van der Waals surface area (Å²) in [4.78, 5) is 14.5. The molecule has 1 N–H and O–H groups in total. The highest BCUT2D eigenvalue weighted by Crippen LogP contribution is 2.26. The topological polar surface area (TPSA) is 32.3 Å². The fourth-order valence-corrected chi connectivity index (χ4v) is 3.06. The van der Waals surface area contributed by atoms with Crippen LogP contribution in [0.2, 0.25) is 0 Å². The van der Waals surface area contributed by atoms with E-state index in [1.807, 2.05) is 24.3 Å². The summed E-state index contributed by atoms with van der Waals surface area (Å²) in [5, 5.41) is 2.74. The van der Waals surface area contributed by atoms with Gasteiger partial charge in [-0.05, 0) is 62.6 Å². The average Bonchev–Trinajstić information content (AvgIpc) is 2.56. The molecule has 120 valence electrons. The number of piperidine rings is 1. The highest BCUT2D eigenvalue weighted by molar-refractivity contribution is 6.04. The smallest absolute Gasteiger partial charge is 0.258 e. The van der Waals surface area contributed by atoms with Crippen molar-refractivity contribution in [2.24, 2.45) is 0 Å². The van der Waals surface area contributed by atoms with E-state index in [-0.39, 0.29) is 5.56 Å². The molecule has 2 aromatic rings. The third-order valence-corrected chi connectivity index (χ3v) is 4.38. The van der Waals surface area contributed by atoms with E-state index >= 15 is 0 Å². The fourth-order valence-electron chi connectivity index (χ4n) is 3.06. The van der Waals surface area contributed by atoms with Crippen LogP contribution in [0.4, 0.5) is 15.8 Å². The van der Waals surface area contributed by atoms with Gasteiger partial charge >= 0.3 is 0 Å². The molecule has 0 radical (unpaired) electrons. The molecule has 2 aromatic carbocycles. The van der Waals surface area contributed by atoms with Crippen LogP contribution >= 0.6 is 0 Å². The van der Waals surface area contributed by atoms with Crippen molar-refractivity contribution in [3.05, 3.63) is 59.9 Å². The van der Waals surface area contributed by atoms with Crippen molar-refractivity contribution in [1.82, 2.24) is 0 Å². The number of benzene rings is 2. The Kier molecular flexibility index (Phi) is 4.60. The van der Waals surface area contributed by atoms with E-state index in [0.29, 0.717) is 11.7 Å². The van der Waals surface area contributed by atoms with Crippen molar-refractivity contribution >= 4 is 17.3 Å². The van der Waals surface area contributed by atoms with Crippen LogP contribution in [-0.2, 0) is 0 Å². The zero-order valence-corrected chi connectivity index (χ0v) is 13.3. The Morgan fingerprint density at radius 3 is 2.57 bits per heavy atom. The zero-order chi connectivity index (χ0) is 16.2. The van der Waals surface area contributed by atoms with Crippen LogP contribution in [0.15, 0.2) is 48.5 Å². The van der Waals surface area contributed by atoms with E-state index in [9.17, 15) is 9.18 Å². The molecule has 0 saturated carbocycles. The van der Waals surface area contributed by atoms with E-state index in [1.54, 1.807) is 12.1 Å². The molecule has 1 heterocycles. The van der Waals surface area contributed by atoms with Gasteiger partial charge in [0.25, 0.3) is 5.91 Å². The number of hydrogen-bond acceptors (Lipinski definition) is 2. The average molecular weight is 312 g/mol. The molecule has 3 rings (SSSR count). The van der Waals surface area contributed by atoms with Gasteiger partial charge in [-0.2, -0.15) is 0 Å². The summed E-state index contributed by atoms with van der Waals surface area (Å²) in [7, 11) is 0. The van der Waals surface area contributed by atoms with Crippen molar-refractivity contribution in [2.45, 2.75) is 32.2 Å². The summed E-state index contributed by atoms with van der Waals surface area (Å²) in [5.74, 6) is -0.939. The highest BCUT2D eigenvalue weighted by Gasteiger charge is 2.18. The first-order chi connectivity index (χ1) is 11.1. The van der Waals surface area contributed by atoms with Gasteiger partial charge in [0.15, 0.2) is 0 Å². The number of carbonyl (C=O) groups excluding carboxylic acids is 1. The molecule has 0 spiro atoms. The molecular formula is C19H21FN2O. The molecule has 0 aromatic heterocycles. The summed E-state index contributed by atoms with van der Waals surface area (Å²) in [6, 6.07) is 14.3. The van der Waals surface area contributed by atoms with Gasteiger partial charge in [-0.15, -0.1) is 0 Å². The second-order valence-electron chi connectivity index (χ2n) is 6.02. The minimum absolute atomic E-state index is 0.0567. The van der Waals surface area contributed by atoms with E-state index in [2.05, 4.69) is 17.1 Å². The maximum atomic E-state index is 13.6. The lowest BCUT2D eigenvalue weighted by Crippen LogP contribution is -2.37. The summed E-state index contributed by atoms with van der Waals surface area (Å²) < 4.78 is 13.6. The number of nitrogens with zero attached hydrogens (tertiary/aromatic N) is 1. The lowest BCUT2D eigenvalue weighted by atomic mass is 10.0. The Hall–Kier alpha value is -2.36. The van der Waals surface area contributed by atoms with Gasteiger partial charge < -0.3 is 10.2 Å². The largest absolute Gasteiger partial charge is 0.369 e. The molecule has 1 saturated heterocycles. The summed E-state index contributed by atoms with van der Waals surface area (Å²) >= 11 is 0. The number of anilines is 2. The lowest BCUT2D eigenvalue weighted by molar-refractivity contribution is 0.102. The minimum atomic E-state index is -0.510. The van der Waals surface area contributed by atoms with Gasteiger partial charge in [0.2, 0.25) is 0 Å². The normalized spacial score (nSPS) is 17.8. The van der Waals surface area contributed by atoms with Crippen LogP contribution < -0.4 is 10.2 Å². The molecule has 0 unspecified atom stereocenters. The standard InChI is InChI=1S/C19H21FN2O/c1-14-6-4-5-13-22(14)16-11-9-15(10-12-16)21-19(23)17-7-2-3-8-18(17)20/h2-3,7-12,14H,4-6,13H2,1H3,(H,21,23)/t14-/m0/s1. The van der Waals surface area contributed by atoms with E-state index in [4.69, 9.17) is 0 Å². The molecule has 1 aliphatic heterocycles. The number of nitrogens with one attached hydrogen (secondary N) is 1. The molecule has 1 atom stereocenters. The van der Waals surface area contributed by atoms with E-state index < -0.39 is 11.7 Å². The first-order valence-electron chi connectivity index (χ1n) is 8.08. The van der Waals surface area contributed by atoms with Gasteiger partial charge in [-0.25, -0.2) is 4.39 Å². The monoisotopic (exact) mass is 312 g/mol. The number of carbonyl (C=O) groups is 1. The quantitative estimate of drug-likeness (QED) is 0.907. The molecular weight excluding hydrogens is 291 g/mol. The number of amides is 1. The summed E-state index contributed by atoms with van der Waals surface area (Å²) in [5.41, 5.74) is 1.90. The third-order valence-electron chi connectivity index (χ3n) is 4.38.